The van der Waals surface area contributed by atoms with Gasteiger partial charge in [-0.15, -0.1) is 0 Å². The van der Waals surface area contributed by atoms with Crippen molar-refractivity contribution in [3.8, 4) is 0 Å². The summed E-state index contributed by atoms with van der Waals surface area (Å²) in [5.41, 5.74) is 12.2. The van der Waals surface area contributed by atoms with Crippen molar-refractivity contribution in [2.45, 2.75) is 26.9 Å². The van der Waals surface area contributed by atoms with Gasteiger partial charge in [-0.1, -0.05) is 158 Å². The number of allylic oxidation sites excluding steroid dienone is 2. The lowest BCUT2D eigenvalue weighted by Crippen LogP contribution is -2.21. The van der Waals surface area contributed by atoms with E-state index in [0.29, 0.717) is 0 Å². The highest BCUT2D eigenvalue weighted by atomic mass is 15.1. The molecular formula is C46H44N2. The third-order valence-corrected chi connectivity index (χ3v) is 8.87. The molecule has 0 aliphatic heterocycles. The van der Waals surface area contributed by atoms with Crippen LogP contribution in [-0.2, 0) is 13.1 Å². The maximum absolute atomic E-state index is 2.42. The summed E-state index contributed by atoms with van der Waals surface area (Å²) in [4.78, 5) is 4.85. The number of hydrogen-bond acceptors (Lipinski definition) is 2. The summed E-state index contributed by atoms with van der Waals surface area (Å²) in [5, 5.41) is 0. The molecule has 0 aliphatic carbocycles. The molecule has 0 radical (unpaired) electrons. The van der Waals surface area contributed by atoms with E-state index in [-0.39, 0.29) is 0 Å². The summed E-state index contributed by atoms with van der Waals surface area (Å²) in [5.74, 6) is 0. The molecule has 0 unspecified atom stereocenters. The van der Waals surface area contributed by atoms with Gasteiger partial charge in [0.1, 0.15) is 0 Å². The average Bonchev–Trinajstić information content (AvgIpc) is 3.16. The molecule has 6 aromatic carbocycles. The van der Waals surface area contributed by atoms with Crippen molar-refractivity contribution in [2.24, 2.45) is 0 Å². The zero-order chi connectivity index (χ0) is 33.0. The van der Waals surface area contributed by atoms with Gasteiger partial charge in [0.15, 0.2) is 0 Å². The summed E-state index contributed by atoms with van der Waals surface area (Å²) < 4.78 is 0. The van der Waals surface area contributed by atoms with E-state index in [1.165, 1.54) is 55.9 Å². The zero-order valence-electron chi connectivity index (χ0n) is 28.0. The molecule has 2 heteroatoms. The molecule has 0 aromatic heterocycles. The summed E-state index contributed by atoms with van der Waals surface area (Å²) in [7, 11) is 0. The predicted molar refractivity (Wildman–Crippen MR) is 206 cm³/mol. The highest BCUT2D eigenvalue weighted by molar-refractivity contribution is 5.86. The number of nitrogens with zero attached hydrogens (tertiary/aromatic N) is 2. The lowest BCUT2D eigenvalue weighted by Gasteiger charge is -2.24. The Balaban J connectivity index is 1.38. The minimum absolute atomic E-state index is 0.887. The second kappa shape index (κ2) is 16.3. The molecule has 0 atom stereocenters. The molecule has 0 fully saturated rings. The van der Waals surface area contributed by atoms with Crippen LogP contribution in [0.15, 0.2) is 182 Å². The van der Waals surface area contributed by atoms with E-state index in [2.05, 4.69) is 206 Å². The van der Waals surface area contributed by atoms with Gasteiger partial charge in [-0.25, -0.2) is 0 Å². The van der Waals surface area contributed by atoms with Gasteiger partial charge in [-0.3, -0.25) is 0 Å². The van der Waals surface area contributed by atoms with Crippen LogP contribution in [0.4, 0.5) is 11.4 Å². The number of benzene rings is 6. The maximum atomic E-state index is 2.42. The van der Waals surface area contributed by atoms with Crippen molar-refractivity contribution in [2.75, 3.05) is 22.9 Å². The van der Waals surface area contributed by atoms with E-state index < -0.39 is 0 Å². The van der Waals surface area contributed by atoms with Crippen LogP contribution < -0.4 is 9.80 Å². The summed E-state index contributed by atoms with van der Waals surface area (Å²) in [6.07, 6.45) is 4.58. The van der Waals surface area contributed by atoms with Gasteiger partial charge in [-0.2, -0.15) is 0 Å². The fraction of sp³-hybridized carbons (Fsp3) is 0.130. The van der Waals surface area contributed by atoms with Crippen LogP contribution in [0.2, 0.25) is 0 Å². The Kier molecular flexibility index (Phi) is 11.0. The minimum Gasteiger partial charge on any atom is -0.367 e. The van der Waals surface area contributed by atoms with Crippen molar-refractivity contribution in [1.29, 1.82) is 0 Å². The first-order chi connectivity index (χ1) is 23.7. The SMILES string of the molecule is CCN(Cc1ccccc1)c1ccc(C(=CC=C(c2ccccc2)c2ccccc2)c2ccc(N(CC)Cc3ccccc3)cc2)cc1. The molecule has 0 heterocycles. The fourth-order valence-electron chi connectivity index (χ4n) is 6.20. The molecule has 6 rings (SSSR count). The van der Waals surface area contributed by atoms with Crippen molar-refractivity contribution in [3.05, 3.63) is 215 Å². The molecule has 0 spiro atoms. The molecule has 0 bridgehead atoms. The van der Waals surface area contributed by atoms with Gasteiger partial charge in [0.2, 0.25) is 0 Å². The highest BCUT2D eigenvalue weighted by Gasteiger charge is 2.12. The lowest BCUT2D eigenvalue weighted by atomic mass is 9.93. The topological polar surface area (TPSA) is 6.48 Å². The fourth-order valence-corrected chi connectivity index (χ4v) is 6.20. The maximum Gasteiger partial charge on any atom is 0.0429 e. The van der Waals surface area contributed by atoms with Gasteiger partial charge in [0, 0.05) is 37.6 Å². The zero-order valence-corrected chi connectivity index (χ0v) is 28.0. The van der Waals surface area contributed by atoms with E-state index in [0.717, 1.165) is 26.2 Å². The molecule has 0 N–H and O–H groups in total. The lowest BCUT2D eigenvalue weighted by molar-refractivity contribution is 0.832. The third kappa shape index (κ3) is 8.21. The van der Waals surface area contributed by atoms with E-state index >= 15 is 0 Å². The molecule has 2 nitrogen and oxygen atoms in total. The first-order valence-corrected chi connectivity index (χ1v) is 17.0. The molecule has 6 aromatic rings. The first kappa shape index (κ1) is 32.3. The number of anilines is 2. The average molecular weight is 625 g/mol. The van der Waals surface area contributed by atoms with Gasteiger partial charge in [0.05, 0.1) is 0 Å². The summed E-state index contributed by atoms with van der Waals surface area (Å²) in [6.45, 7) is 8.10. The van der Waals surface area contributed by atoms with Crippen LogP contribution in [0.3, 0.4) is 0 Å². The second-order valence-electron chi connectivity index (χ2n) is 12.0. The van der Waals surface area contributed by atoms with Crippen LogP contribution in [0.1, 0.15) is 47.2 Å². The van der Waals surface area contributed by atoms with Crippen LogP contribution in [0.5, 0.6) is 0 Å². The van der Waals surface area contributed by atoms with Crippen molar-refractivity contribution in [1.82, 2.24) is 0 Å². The van der Waals surface area contributed by atoms with Gasteiger partial charge in [-0.05, 0) is 82.6 Å². The Labute approximate surface area is 287 Å². The Bertz CT molecular complexity index is 1760. The third-order valence-electron chi connectivity index (χ3n) is 8.87. The van der Waals surface area contributed by atoms with Crippen LogP contribution in [-0.4, -0.2) is 13.1 Å². The van der Waals surface area contributed by atoms with E-state index in [4.69, 9.17) is 0 Å². The first-order valence-electron chi connectivity index (χ1n) is 17.0. The van der Waals surface area contributed by atoms with E-state index in [1.807, 2.05) is 0 Å². The largest absolute Gasteiger partial charge is 0.367 e. The Morgan fingerprint density at radius 1 is 0.375 bits per heavy atom. The van der Waals surface area contributed by atoms with Gasteiger partial charge in [0.25, 0.3) is 0 Å². The Hall–Kier alpha value is -5.60. The van der Waals surface area contributed by atoms with Crippen LogP contribution >= 0.6 is 0 Å². The quantitative estimate of drug-likeness (QED) is 0.118. The van der Waals surface area contributed by atoms with Crippen molar-refractivity contribution >= 4 is 22.5 Å². The predicted octanol–water partition coefficient (Wildman–Crippen LogP) is 11.3. The summed E-state index contributed by atoms with van der Waals surface area (Å²) >= 11 is 0. The smallest absolute Gasteiger partial charge is 0.0429 e. The molecule has 0 aliphatic rings. The monoisotopic (exact) mass is 624 g/mol. The van der Waals surface area contributed by atoms with Crippen LogP contribution in [0.25, 0.3) is 11.1 Å². The Morgan fingerprint density at radius 3 is 0.979 bits per heavy atom. The molecule has 0 amide bonds. The molecule has 238 valence electrons. The van der Waals surface area contributed by atoms with E-state index in [9.17, 15) is 0 Å². The number of rotatable bonds is 13. The minimum atomic E-state index is 0.887. The van der Waals surface area contributed by atoms with Gasteiger partial charge < -0.3 is 9.80 Å². The molecular weight excluding hydrogens is 581 g/mol. The molecule has 48 heavy (non-hydrogen) atoms. The second-order valence-corrected chi connectivity index (χ2v) is 12.0. The Morgan fingerprint density at radius 2 is 0.667 bits per heavy atom. The summed E-state index contributed by atoms with van der Waals surface area (Å²) in [6, 6.07) is 60.9. The normalized spacial score (nSPS) is 10.6. The van der Waals surface area contributed by atoms with Crippen molar-refractivity contribution < 1.29 is 0 Å². The van der Waals surface area contributed by atoms with Gasteiger partial charge >= 0.3 is 0 Å². The molecule has 0 saturated carbocycles. The van der Waals surface area contributed by atoms with Crippen LogP contribution in [0, 0.1) is 0 Å². The molecule has 0 saturated heterocycles. The van der Waals surface area contributed by atoms with Crippen molar-refractivity contribution in [3.63, 3.8) is 0 Å². The van der Waals surface area contributed by atoms with E-state index in [1.54, 1.807) is 0 Å². The highest BCUT2D eigenvalue weighted by Crippen LogP contribution is 2.31. The standard InChI is InChI=1S/C46H44N2/c1-3-47(35-37-17-9-5-10-18-37)43-29-25-41(26-30-43)46(34-33-45(39-21-13-7-14-22-39)40-23-15-8-16-24-40)42-27-31-44(32-28-42)48(4-2)36-38-19-11-6-12-20-38/h5-34H,3-4,35-36H2,1-2H3. The number of hydrogen-bond donors (Lipinski definition) is 0.